The number of hydrogen-bond acceptors (Lipinski definition) is 3. The Bertz CT molecular complexity index is 283. The summed E-state index contributed by atoms with van der Waals surface area (Å²) in [7, 11) is 1.01. The summed E-state index contributed by atoms with van der Waals surface area (Å²) in [5.41, 5.74) is -1.45. The van der Waals surface area contributed by atoms with Crippen LogP contribution < -0.4 is 0 Å². The summed E-state index contributed by atoms with van der Waals surface area (Å²) in [6.45, 7) is 0.948. The van der Waals surface area contributed by atoms with Crippen molar-refractivity contribution in [1.82, 2.24) is 0 Å². The van der Waals surface area contributed by atoms with Gasteiger partial charge in [-0.2, -0.15) is 13.2 Å². The summed E-state index contributed by atoms with van der Waals surface area (Å²) < 4.78 is 60.7. The zero-order valence-corrected chi connectivity index (χ0v) is 9.13. The third-order valence-electron chi connectivity index (χ3n) is 1.15. The maximum Gasteiger partial charge on any atom is 0.411 e. The van der Waals surface area contributed by atoms with E-state index in [2.05, 4.69) is 4.74 Å². The molecular weight excluding hydrogens is 245 g/mol. The zero-order valence-electron chi connectivity index (χ0n) is 7.56. The second-order valence-electron chi connectivity index (χ2n) is 3.35. The Hall–Kier alpha value is -0.0100. The van der Waals surface area contributed by atoms with E-state index in [1.54, 1.807) is 0 Å². The molecule has 3 nitrogen and oxygen atoms in total. The van der Waals surface area contributed by atoms with Crippen molar-refractivity contribution in [3.63, 3.8) is 0 Å². The lowest BCUT2D eigenvalue weighted by molar-refractivity contribution is -0.196. The molecule has 0 aliphatic rings. The molecule has 0 aliphatic carbocycles. The van der Waals surface area contributed by atoms with Crippen LogP contribution >= 0.6 is 10.7 Å². The van der Waals surface area contributed by atoms with Crippen LogP contribution in [0.4, 0.5) is 13.2 Å². The summed E-state index contributed by atoms with van der Waals surface area (Å²) >= 11 is 0. The van der Waals surface area contributed by atoms with Gasteiger partial charge in [0.15, 0.2) is 0 Å². The van der Waals surface area contributed by atoms with Gasteiger partial charge in [0, 0.05) is 10.7 Å². The number of ether oxygens (including phenoxy) is 1. The van der Waals surface area contributed by atoms with E-state index < -0.39 is 33.2 Å². The third kappa shape index (κ3) is 8.58. The second kappa shape index (κ2) is 4.24. The van der Waals surface area contributed by atoms with E-state index in [-0.39, 0.29) is 0 Å². The van der Waals surface area contributed by atoms with Crippen molar-refractivity contribution in [2.24, 2.45) is 0 Å². The predicted octanol–water partition coefficient (Wildman–Crippen LogP) is 1.91. The Kier molecular flexibility index (Phi) is 4.24. The number of hydrogen-bond donors (Lipinski definition) is 0. The fourth-order valence-corrected chi connectivity index (χ4v) is 2.44. The third-order valence-corrected chi connectivity index (χ3v) is 2.51. The molecule has 0 amide bonds. The molecule has 0 unspecified atom stereocenters. The number of alkyl halides is 3. The smallest absolute Gasteiger partial charge is 0.365 e. The zero-order chi connectivity index (χ0) is 11.6. The summed E-state index contributed by atoms with van der Waals surface area (Å²) in [5, 5.41) is 0. The monoisotopic (exact) mass is 254 g/mol. The predicted molar refractivity (Wildman–Crippen MR) is 45.7 cm³/mol. The Balaban J connectivity index is 4.23. The van der Waals surface area contributed by atoms with Gasteiger partial charge in [-0.25, -0.2) is 8.42 Å². The highest BCUT2D eigenvalue weighted by molar-refractivity contribution is 8.13. The van der Waals surface area contributed by atoms with E-state index in [0.717, 1.165) is 0 Å². The molecule has 0 atom stereocenters. The van der Waals surface area contributed by atoms with Crippen molar-refractivity contribution in [1.29, 1.82) is 0 Å². The fraction of sp³-hybridized carbons (Fsp3) is 1.00. The minimum atomic E-state index is -4.48. The molecule has 0 aliphatic heterocycles. The van der Waals surface area contributed by atoms with Gasteiger partial charge < -0.3 is 4.74 Å². The maximum absolute atomic E-state index is 11.7. The molecule has 0 heterocycles. The van der Waals surface area contributed by atoms with Crippen LogP contribution in [0.25, 0.3) is 0 Å². The van der Waals surface area contributed by atoms with E-state index >= 15 is 0 Å². The molecule has 0 radical (unpaired) electrons. The van der Waals surface area contributed by atoms with Crippen molar-refractivity contribution in [3.05, 3.63) is 0 Å². The van der Waals surface area contributed by atoms with Crippen LogP contribution in [0.3, 0.4) is 0 Å². The topological polar surface area (TPSA) is 43.4 Å². The first-order valence-corrected chi connectivity index (χ1v) is 6.02. The van der Waals surface area contributed by atoms with Gasteiger partial charge in [-0.05, 0) is 13.8 Å². The molecular formula is C6H10ClF3O3S. The van der Waals surface area contributed by atoms with Gasteiger partial charge >= 0.3 is 6.18 Å². The van der Waals surface area contributed by atoms with E-state index in [1.807, 2.05) is 0 Å². The van der Waals surface area contributed by atoms with Crippen LogP contribution in [0.15, 0.2) is 0 Å². The summed E-state index contributed by atoms with van der Waals surface area (Å²) in [4.78, 5) is 0. The fourth-order valence-electron chi connectivity index (χ4n) is 0.734. The largest absolute Gasteiger partial charge is 0.411 e. The molecule has 8 heteroatoms. The highest BCUT2D eigenvalue weighted by Gasteiger charge is 2.33. The lowest BCUT2D eigenvalue weighted by Crippen LogP contribution is -2.35. The Labute approximate surface area is 84.6 Å². The minimum Gasteiger partial charge on any atom is -0.365 e. The van der Waals surface area contributed by atoms with Crippen LogP contribution in [-0.4, -0.2) is 32.6 Å². The van der Waals surface area contributed by atoms with Crippen LogP contribution in [0, 0.1) is 0 Å². The quantitative estimate of drug-likeness (QED) is 0.720. The van der Waals surface area contributed by atoms with Crippen molar-refractivity contribution in [2.45, 2.75) is 25.6 Å². The first kappa shape index (κ1) is 14.0. The van der Waals surface area contributed by atoms with E-state index in [4.69, 9.17) is 10.7 Å². The van der Waals surface area contributed by atoms with Crippen molar-refractivity contribution < 1.29 is 26.3 Å². The molecule has 86 valence electrons. The van der Waals surface area contributed by atoms with Crippen LogP contribution in [0.1, 0.15) is 13.8 Å². The summed E-state index contributed by atoms with van der Waals surface area (Å²) in [6.07, 6.45) is -4.48. The van der Waals surface area contributed by atoms with Crippen molar-refractivity contribution in [2.75, 3.05) is 12.4 Å². The highest BCUT2D eigenvalue weighted by Crippen LogP contribution is 2.21. The molecule has 0 rings (SSSR count). The van der Waals surface area contributed by atoms with Crippen LogP contribution in [0.2, 0.25) is 0 Å². The Morgan fingerprint density at radius 1 is 1.29 bits per heavy atom. The molecule has 0 fully saturated rings. The number of rotatable bonds is 4. The Morgan fingerprint density at radius 3 is 2.00 bits per heavy atom. The minimum absolute atomic E-state index is 0.669. The molecule has 0 aromatic rings. The second-order valence-corrected chi connectivity index (χ2v) is 6.12. The van der Waals surface area contributed by atoms with Gasteiger partial charge in [0.05, 0.1) is 11.4 Å². The molecule has 0 saturated carbocycles. The average molecular weight is 255 g/mol. The van der Waals surface area contributed by atoms with Gasteiger partial charge in [-0.1, -0.05) is 0 Å². The lowest BCUT2D eigenvalue weighted by Gasteiger charge is -2.24. The number of halogens is 4. The van der Waals surface area contributed by atoms with Gasteiger partial charge in [-0.15, -0.1) is 0 Å². The standard InChI is InChI=1S/C6H10ClF3O3S/c1-5(2,4-14(7,11)12)13-3-6(8,9)10/h3-4H2,1-2H3. The highest BCUT2D eigenvalue weighted by atomic mass is 35.7. The first-order valence-electron chi connectivity index (χ1n) is 3.54. The molecule has 0 aromatic heterocycles. The van der Waals surface area contributed by atoms with Gasteiger partial charge in [0.25, 0.3) is 0 Å². The molecule has 0 saturated heterocycles. The summed E-state index contributed by atoms with van der Waals surface area (Å²) in [6, 6.07) is 0. The van der Waals surface area contributed by atoms with Gasteiger partial charge in [0.2, 0.25) is 9.05 Å². The SMILES string of the molecule is CC(C)(CS(=O)(=O)Cl)OCC(F)(F)F. The summed E-state index contributed by atoms with van der Waals surface area (Å²) in [5.74, 6) is -0.669. The molecule has 0 bridgehead atoms. The van der Waals surface area contributed by atoms with E-state index in [0.29, 0.717) is 0 Å². The molecule has 0 N–H and O–H groups in total. The normalized spacial score (nSPS) is 14.4. The molecule has 0 aromatic carbocycles. The first-order chi connectivity index (χ1) is 5.91. The molecule has 0 spiro atoms. The Morgan fingerprint density at radius 2 is 1.71 bits per heavy atom. The van der Waals surface area contributed by atoms with Crippen molar-refractivity contribution >= 4 is 19.7 Å². The molecule has 14 heavy (non-hydrogen) atoms. The van der Waals surface area contributed by atoms with E-state index in [9.17, 15) is 21.6 Å². The lowest BCUT2D eigenvalue weighted by atomic mass is 10.2. The van der Waals surface area contributed by atoms with Crippen LogP contribution in [-0.2, 0) is 13.8 Å². The maximum atomic E-state index is 11.7. The van der Waals surface area contributed by atoms with Crippen LogP contribution in [0.5, 0.6) is 0 Å². The van der Waals surface area contributed by atoms with Crippen molar-refractivity contribution in [3.8, 4) is 0 Å². The van der Waals surface area contributed by atoms with Gasteiger partial charge in [-0.3, -0.25) is 0 Å². The average Bonchev–Trinajstić information content (AvgIpc) is 1.76. The van der Waals surface area contributed by atoms with Gasteiger partial charge in [0.1, 0.15) is 6.61 Å². The van der Waals surface area contributed by atoms with E-state index in [1.165, 1.54) is 13.8 Å².